The maximum atomic E-state index is 13.6. The SMILES string of the molecule is CCCn1nc(Cc2cnccc2C(=O)O)c2cc(F)ccc21. The van der Waals surface area contributed by atoms with Crippen molar-refractivity contribution in [3.63, 3.8) is 0 Å². The Labute approximate surface area is 132 Å². The molecule has 0 atom stereocenters. The fourth-order valence-electron chi connectivity index (χ4n) is 2.69. The number of hydrogen-bond donors (Lipinski definition) is 1. The Hall–Kier alpha value is -2.76. The molecular formula is C17H16FN3O2. The number of nitrogens with zero attached hydrogens (tertiary/aromatic N) is 3. The highest BCUT2D eigenvalue weighted by Gasteiger charge is 2.16. The minimum atomic E-state index is -1.01. The van der Waals surface area contributed by atoms with Crippen LogP contribution < -0.4 is 0 Å². The second kappa shape index (κ2) is 6.16. The van der Waals surface area contributed by atoms with Crippen LogP contribution in [0, 0.1) is 5.82 Å². The predicted octanol–water partition coefficient (Wildman–Crippen LogP) is 3.27. The summed E-state index contributed by atoms with van der Waals surface area (Å²) in [6.07, 6.45) is 4.17. The fraction of sp³-hybridized carbons (Fsp3) is 0.235. The van der Waals surface area contributed by atoms with E-state index in [0.29, 0.717) is 23.1 Å². The van der Waals surface area contributed by atoms with Crippen molar-refractivity contribution >= 4 is 16.9 Å². The van der Waals surface area contributed by atoms with Gasteiger partial charge in [0.2, 0.25) is 0 Å². The number of aromatic nitrogens is 3. The summed E-state index contributed by atoms with van der Waals surface area (Å²) in [4.78, 5) is 15.3. The molecule has 3 rings (SSSR count). The van der Waals surface area contributed by atoms with E-state index in [-0.39, 0.29) is 11.4 Å². The lowest BCUT2D eigenvalue weighted by Crippen LogP contribution is -2.05. The summed E-state index contributed by atoms with van der Waals surface area (Å²) >= 11 is 0. The summed E-state index contributed by atoms with van der Waals surface area (Å²) in [5, 5.41) is 14.5. The highest BCUT2D eigenvalue weighted by atomic mass is 19.1. The average Bonchev–Trinajstić information content (AvgIpc) is 2.85. The van der Waals surface area contributed by atoms with E-state index in [1.54, 1.807) is 6.07 Å². The first-order chi connectivity index (χ1) is 11.1. The number of benzene rings is 1. The molecular weight excluding hydrogens is 297 g/mol. The molecule has 0 fully saturated rings. The molecule has 0 aliphatic rings. The summed E-state index contributed by atoms with van der Waals surface area (Å²) < 4.78 is 15.4. The zero-order chi connectivity index (χ0) is 16.4. The molecule has 1 N–H and O–H groups in total. The minimum absolute atomic E-state index is 0.189. The van der Waals surface area contributed by atoms with E-state index in [9.17, 15) is 14.3 Å². The standard InChI is InChI=1S/C17H16FN3O2/c1-2-7-21-16-4-3-12(18)9-14(16)15(20-21)8-11-10-19-6-5-13(11)17(22)23/h3-6,9-10H,2,7-8H2,1H3,(H,22,23). The van der Waals surface area contributed by atoms with Gasteiger partial charge in [0.15, 0.2) is 0 Å². The van der Waals surface area contributed by atoms with Crippen LogP contribution in [-0.2, 0) is 13.0 Å². The van der Waals surface area contributed by atoms with Gasteiger partial charge in [0.05, 0.1) is 16.8 Å². The maximum absolute atomic E-state index is 13.6. The molecule has 6 heteroatoms. The number of carboxylic acid groups (broad SMARTS) is 1. The molecule has 0 saturated carbocycles. The van der Waals surface area contributed by atoms with Gasteiger partial charge in [0.1, 0.15) is 5.82 Å². The van der Waals surface area contributed by atoms with Crippen LogP contribution in [0.4, 0.5) is 4.39 Å². The number of aromatic carboxylic acids is 1. The molecule has 2 aromatic heterocycles. The first-order valence-corrected chi connectivity index (χ1v) is 7.41. The highest BCUT2D eigenvalue weighted by Crippen LogP contribution is 2.23. The number of pyridine rings is 1. The van der Waals surface area contributed by atoms with Crippen LogP contribution in [0.1, 0.15) is 35.0 Å². The molecule has 0 spiro atoms. The molecule has 0 unspecified atom stereocenters. The van der Waals surface area contributed by atoms with Gasteiger partial charge in [0, 0.05) is 30.7 Å². The summed E-state index contributed by atoms with van der Waals surface area (Å²) in [6.45, 7) is 2.77. The second-order valence-corrected chi connectivity index (χ2v) is 5.35. The average molecular weight is 313 g/mol. The van der Waals surface area contributed by atoms with Crippen molar-refractivity contribution in [3.05, 3.63) is 59.3 Å². The van der Waals surface area contributed by atoms with Crippen molar-refractivity contribution < 1.29 is 14.3 Å². The van der Waals surface area contributed by atoms with Gasteiger partial charge in [-0.15, -0.1) is 0 Å². The van der Waals surface area contributed by atoms with Gasteiger partial charge in [-0.25, -0.2) is 9.18 Å². The van der Waals surface area contributed by atoms with Crippen LogP contribution in [0.25, 0.3) is 10.9 Å². The van der Waals surface area contributed by atoms with E-state index in [1.165, 1.54) is 30.6 Å². The third-order valence-electron chi connectivity index (χ3n) is 3.72. The normalized spacial score (nSPS) is 11.0. The Bertz CT molecular complexity index is 873. The molecule has 0 radical (unpaired) electrons. The maximum Gasteiger partial charge on any atom is 0.336 e. The van der Waals surface area contributed by atoms with Crippen LogP contribution in [0.15, 0.2) is 36.7 Å². The Morgan fingerprint density at radius 3 is 2.91 bits per heavy atom. The Kier molecular flexibility index (Phi) is 4.06. The van der Waals surface area contributed by atoms with Gasteiger partial charge in [-0.3, -0.25) is 9.67 Å². The summed E-state index contributed by atoms with van der Waals surface area (Å²) in [6, 6.07) is 6.02. The molecule has 0 bridgehead atoms. The fourth-order valence-corrected chi connectivity index (χ4v) is 2.69. The van der Waals surface area contributed by atoms with Crippen molar-refractivity contribution in [3.8, 4) is 0 Å². The third-order valence-corrected chi connectivity index (χ3v) is 3.72. The lowest BCUT2D eigenvalue weighted by molar-refractivity contribution is 0.0695. The molecule has 2 heterocycles. The van der Waals surface area contributed by atoms with E-state index >= 15 is 0 Å². The molecule has 0 saturated heterocycles. The van der Waals surface area contributed by atoms with Gasteiger partial charge < -0.3 is 5.11 Å². The number of halogens is 1. The minimum Gasteiger partial charge on any atom is -0.478 e. The number of rotatable bonds is 5. The smallest absolute Gasteiger partial charge is 0.336 e. The summed E-state index contributed by atoms with van der Waals surface area (Å²) in [5.74, 6) is -1.34. The van der Waals surface area contributed by atoms with Crippen LogP contribution in [0.2, 0.25) is 0 Å². The van der Waals surface area contributed by atoms with Gasteiger partial charge in [-0.1, -0.05) is 6.92 Å². The van der Waals surface area contributed by atoms with Crippen molar-refractivity contribution in [2.24, 2.45) is 0 Å². The Morgan fingerprint density at radius 1 is 1.35 bits per heavy atom. The van der Waals surface area contributed by atoms with Gasteiger partial charge >= 0.3 is 5.97 Å². The van der Waals surface area contributed by atoms with E-state index in [0.717, 1.165) is 18.5 Å². The van der Waals surface area contributed by atoms with Crippen molar-refractivity contribution in [2.75, 3.05) is 0 Å². The van der Waals surface area contributed by atoms with Gasteiger partial charge in [-0.2, -0.15) is 5.10 Å². The number of fused-ring (bicyclic) bond motifs is 1. The molecule has 3 aromatic rings. The first-order valence-electron chi connectivity index (χ1n) is 7.41. The number of aryl methyl sites for hydroxylation is 1. The first kappa shape index (κ1) is 15.1. The molecule has 0 aliphatic heterocycles. The molecule has 1 aromatic carbocycles. The highest BCUT2D eigenvalue weighted by molar-refractivity contribution is 5.89. The predicted molar refractivity (Wildman–Crippen MR) is 84.0 cm³/mol. The van der Waals surface area contributed by atoms with Crippen molar-refractivity contribution in [2.45, 2.75) is 26.3 Å². The second-order valence-electron chi connectivity index (χ2n) is 5.35. The third kappa shape index (κ3) is 2.92. The Morgan fingerprint density at radius 2 is 2.17 bits per heavy atom. The van der Waals surface area contributed by atoms with Crippen LogP contribution in [-0.4, -0.2) is 25.8 Å². The van der Waals surface area contributed by atoms with E-state index in [1.807, 2.05) is 11.6 Å². The summed E-state index contributed by atoms with van der Waals surface area (Å²) in [5.41, 5.74) is 2.26. The largest absolute Gasteiger partial charge is 0.478 e. The molecule has 23 heavy (non-hydrogen) atoms. The molecule has 118 valence electrons. The van der Waals surface area contributed by atoms with Crippen molar-refractivity contribution in [1.82, 2.24) is 14.8 Å². The van der Waals surface area contributed by atoms with Crippen molar-refractivity contribution in [1.29, 1.82) is 0 Å². The quantitative estimate of drug-likeness (QED) is 0.785. The van der Waals surface area contributed by atoms with Crippen LogP contribution in [0.3, 0.4) is 0 Å². The van der Waals surface area contributed by atoms with E-state index < -0.39 is 5.97 Å². The van der Waals surface area contributed by atoms with Gasteiger partial charge in [0.25, 0.3) is 0 Å². The van der Waals surface area contributed by atoms with Crippen LogP contribution >= 0.6 is 0 Å². The number of carbonyl (C=O) groups is 1. The van der Waals surface area contributed by atoms with E-state index in [2.05, 4.69) is 10.1 Å². The van der Waals surface area contributed by atoms with Gasteiger partial charge in [-0.05, 0) is 36.2 Å². The van der Waals surface area contributed by atoms with E-state index in [4.69, 9.17) is 0 Å². The Balaban J connectivity index is 2.10. The number of carboxylic acids is 1. The monoisotopic (exact) mass is 313 g/mol. The molecule has 0 amide bonds. The lowest BCUT2D eigenvalue weighted by atomic mass is 10.0. The topological polar surface area (TPSA) is 68.0 Å². The van der Waals surface area contributed by atoms with Crippen LogP contribution in [0.5, 0.6) is 0 Å². The molecule has 5 nitrogen and oxygen atoms in total. The lowest BCUT2D eigenvalue weighted by Gasteiger charge is -2.03. The zero-order valence-corrected chi connectivity index (χ0v) is 12.7. The molecule has 0 aliphatic carbocycles. The summed E-state index contributed by atoms with van der Waals surface area (Å²) in [7, 11) is 0. The number of hydrogen-bond acceptors (Lipinski definition) is 3. The zero-order valence-electron chi connectivity index (χ0n) is 12.7.